The number of primary amides is 1. The van der Waals surface area contributed by atoms with Crippen molar-refractivity contribution in [3.05, 3.63) is 47.7 Å². The molecular formula is C22H26N4OS. The maximum atomic E-state index is 12.0. The standard InChI is InChI=1S/C22H26N4OS/c1-22(2,3)15-6-4-14(5-7-15)18-12-16-19(28-18)17(20(23)27)13-25-21(16)26-10-8-24-9-11-26/h4-7,12-13,24H,8-11H2,1-3H3,(H2,23,27). The Labute approximate surface area is 169 Å². The molecule has 0 radical (unpaired) electrons. The van der Waals surface area contributed by atoms with Crippen molar-refractivity contribution < 1.29 is 4.79 Å². The van der Waals surface area contributed by atoms with Crippen LogP contribution in [-0.2, 0) is 5.41 Å². The Bertz CT molecular complexity index is 1010. The summed E-state index contributed by atoms with van der Waals surface area (Å²) in [4.78, 5) is 20.0. The summed E-state index contributed by atoms with van der Waals surface area (Å²) in [5.41, 5.74) is 8.70. The zero-order valence-corrected chi connectivity index (χ0v) is 17.4. The van der Waals surface area contributed by atoms with E-state index in [-0.39, 0.29) is 5.41 Å². The van der Waals surface area contributed by atoms with E-state index in [2.05, 4.69) is 66.3 Å². The molecule has 0 atom stereocenters. The van der Waals surface area contributed by atoms with Gasteiger partial charge in [0.15, 0.2) is 0 Å². The summed E-state index contributed by atoms with van der Waals surface area (Å²) < 4.78 is 0.922. The number of benzene rings is 1. The van der Waals surface area contributed by atoms with Crippen LogP contribution < -0.4 is 16.0 Å². The first kappa shape index (κ1) is 18.9. The largest absolute Gasteiger partial charge is 0.366 e. The fraction of sp³-hybridized carbons (Fsp3) is 0.364. The quantitative estimate of drug-likeness (QED) is 0.709. The third-order valence-corrected chi connectivity index (χ3v) is 6.47. The summed E-state index contributed by atoms with van der Waals surface area (Å²) in [5.74, 6) is 0.510. The number of carbonyl (C=O) groups excluding carboxylic acids is 1. The molecule has 1 amide bonds. The molecule has 28 heavy (non-hydrogen) atoms. The summed E-state index contributed by atoms with van der Waals surface area (Å²) in [6.45, 7) is 10.3. The highest BCUT2D eigenvalue weighted by molar-refractivity contribution is 7.22. The van der Waals surface area contributed by atoms with E-state index in [9.17, 15) is 4.79 Å². The maximum absolute atomic E-state index is 12.0. The number of nitrogens with two attached hydrogens (primary N) is 1. The Hall–Kier alpha value is -2.44. The van der Waals surface area contributed by atoms with Gasteiger partial charge in [-0.1, -0.05) is 45.0 Å². The minimum absolute atomic E-state index is 0.122. The number of amides is 1. The first-order valence-corrected chi connectivity index (χ1v) is 10.4. The van der Waals surface area contributed by atoms with E-state index in [1.807, 2.05) is 0 Å². The van der Waals surface area contributed by atoms with E-state index in [1.165, 1.54) is 5.56 Å². The number of nitrogens with one attached hydrogen (secondary N) is 1. The van der Waals surface area contributed by atoms with Crippen LogP contribution in [0, 0.1) is 0 Å². The third-order valence-electron chi connectivity index (χ3n) is 5.25. The van der Waals surface area contributed by atoms with Gasteiger partial charge in [0.2, 0.25) is 0 Å². The van der Waals surface area contributed by atoms with E-state index in [4.69, 9.17) is 5.73 Å². The highest BCUT2D eigenvalue weighted by Crippen LogP contribution is 2.39. The van der Waals surface area contributed by atoms with Crippen LogP contribution in [0.2, 0.25) is 0 Å². The van der Waals surface area contributed by atoms with Crippen LogP contribution in [0.4, 0.5) is 5.82 Å². The Morgan fingerprint density at radius 1 is 1.18 bits per heavy atom. The van der Waals surface area contributed by atoms with Crippen molar-refractivity contribution in [2.75, 3.05) is 31.1 Å². The Morgan fingerprint density at radius 2 is 1.86 bits per heavy atom. The molecule has 3 aromatic rings. The normalized spacial score (nSPS) is 15.2. The molecule has 1 aliphatic rings. The van der Waals surface area contributed by atoms with E-state index >= 15 is 0 Å². The lowest BCUT2D eigenvalue weighted by molar-refractivity contribution is 0.100. The molecule has 3 heterocycles. The summed E-state index contributed by atoms with van der Waals surface area (Å²) in [5, 5.41) is 4.38. The van der Waals surface area contributed by atoms with Crippen LogP contribution in [0.3, 0.4) is 0 Å². The second kappa shape index (κ2) is 7.18. The molecular weight excluding hydrogens is 368 g/mol. The van der Waals surface area contributed by atoms with Crippen molar-refractivity contribution in [1.29, 1.82) is 0 Å². The number of rotatable bonds is 3. The van der Waals surface area contributed by atoms with Crippen molar-refractivity contribution in [2.24, 2.45) is 5.73 Å². The van der Waals surface area contributed by atoms with Crippen molar-refractivity contribution in [2.45, 2.75) is 26.2 Å². The molecule has 1 saturated heterocycles. The van der Waals surface area contributed by atoms with Crippen LogP contribution in [0.1, 0.15) is 36.7 Å². The van der Waals surface area contributed by atoms with Gasteiger partial charge in [-0.2, -0.15) is 0 Å². The number of fused-ring (bicyclic) bond motifs is 1. The highest BCUT2D eigenvalue weighted by atomic mass is 32.1. The molecule has 3 N–H and O–H groups in total. The number of hydrogen-bond donors (Lipinski definition) is 2. The van der Waals surface area contributed by atoms with Gasteiger partial charge >= 0.3 is 0 Å². The Balaban J connectivity index is 1.82. The SMILES string of the molecule is CC(C)(C)c1ccc(-c2cc3c(N4CCNCC4)ncc(C(N)=O)c3s2)cc1. The third kappa shape index (κ3) is 3.50. The van der Waals surface area contributed by atoms with Gasteiger partial charge in [0.1, 0.15) is 5.82 Å². The number of thiophene rings is 1. The van der Waals surface area contributed by atoms with Crippen LogP contribution in [0.25, 0.3) is 20.5 Å². The minimum atomic E-state index is -0.430. The molecule has 146 valence electrons. The zero-order chi connectivity index (χ0) is 19.9. The first-order valence-electron chi connectivity index (χ1n) is 9.63. The lowest BCUT2D eigenvalue weighted by Gasteiger charge is -2.29. The molecule has 1 fully saturated rings. The number of anilines is 1. The summed E-state index contributed by atoms with van der Waals surface area (Å²) in [6.07, 6.45) is 1.63. The Morgan fingerprint density at radius 3 is 2.46 bits per heavy atom. The molecule has 1 aliphatic heterocycles. The zero-order valence-electron chi connectivity index (χ0n) is 16.6. The van der Waals surface area contributed by atoms with Gasteiger partial charge < -0.3 is 16.0 Å². The molecule has 5 nitrogen and oxygen atoms in total. The van der Waals surface area contributed by atoms with Crippen LogP contribution in [0.5, 0.6) is 0 Å². The second-order valence-corrected chi connectivity index (χ2v) is 9.33. The lowest BCUT2D eigenvalue weighted by atomic mass is 9.86. The van der Waals surface area contributed by atoms with Gasteiger partial charge in [-0.25, -0.2) is 4.98 Å². The van der Waals surface area contributed by atoms with Crippen molar-refractivity contribution in [3.63, 3.8) is 0 Å². The first-order chi connectivity index (χ1) is 13.3. The Kier molecular flexibility index (Phi) is 4.85. The monoisotopic (exact) mass is 394 g/mol. The molecule has 0 saturated carbocycles. The van der Waals surface area contributed by atoms with E-state index in [0.29, 0.717) is 5.56 Å². The topological polar surface area (TPSA) is 71.2 Å². The molecule has 2 aromatic heterocycles. The van der Waals surface area contributed by atoms with Gasteiger partial charge in [-0.15, -0.1) is 11.3 Å². The van der Waals surface area contributed by atoms with Crippen molar-refractivity contribution in [3.8, 4) is 10.4 Å². The fourth-order valence-corrected chi connectivity index (χ4v) is 4.77. The molecule has 0 spiro atoms. The average Bonchev–Trinajstić information content (AvgIpc) is 3.12. The second-order valence-electron chi connectivity index (χ2n) is 8.28. The average molecular weight is 395 g/mol. The van der Waals surface area contributed by atoms with Gasteiger partial charge in [0.05, 0.1) is 10.3 Å². The van der Waals surface area contributed by atoms with Crippen LogP contribution >= 0.6 is 11.3 Å². The number of piperazine rings is 1. The van der Waals surface area contributed by atoms with Gasteiger partial charge in [-0.3, -0.25) is 4.79 Å². The molecule has 0 aliphatic carbocycles. The number of pyridine rings is 1. The number of carbonyl (C=O) groups is 1. The van der Waals surface area contributed by atoms with Crippen molar-refractivity contribution in [1.82, 2.24) is 10.3 Å². The minimum Gasteiger partial charge on any atom is -0.366 e. The van der Waals surface area contributed by atoms with Crippen LogP contribution in [0.15, 0.2) is 36.5 Å². The molecule has 1 aromatic carbocycles. The number of aromatic nitrogens is 1. The lowest BCUT2D eigenvalue weighted by Crippen LogP contribution is -2.44. The number of nitrogens with zero attached hydrogens (tertiary/aromatic N) is 2. The molecule has 0 bridgehead atoms. The van der Waals surface area contributed by atoms with Crippen LogP contribution in [-0.4, -0.2) is 37.1 Å². The predicted octanol–water partition coefficient (Wildman–Crippen LogP) is 3.77. The maximum Gasteiger partial charge on any atom is 0.251 e. The fourth-order valence-electron chi connectivity index (χ4n) is 3.59. The van der Waals surface area contributed by atoms with E-state index in [0.717, 1.165) is 52.5 Å². The van der Waals surface area contributed by atoms with Crippen molar-refractivity contribution >= 4 is 33.1 Å². The summed E-state index contributed by atoms with van der Waals surface area (Å²) >= 11 is 1.61. The van der Waals surface area contributed by atoms with E-state index in [1.54, 1.807) is 17.5 Å². The van der Waals surface area contributed by atoms with Gasteiger partial charge in [-0.05, 0) is 22.6 Å². The molecule has 4 rings (SSSR count). The predicted molar refractivity (Wildman–Crippen MR) is 117 cm³/mol. The summed E-state index contributed by atoms with van der Waals surface area (Å²) in [7, 11) is 0. The summed E-state index contributed by atoms with van der Waals surface area (Å²) in [6, 6.07) is 10.8. The van der Waals surface area contributed by atoms with E-state index < -0.39 is 5.91 Å². The number of hydrogen-bond acceptors (Lipinski definition) is 5. The molecule has 0 unspecified atom stereocenters. The van der Waals surface area contributed by atoms with Gasteiger partial charge in [0, 0.05) is 42.6 Å². The van der Waals surface area contributed by atoms with Gasteiger partial charge in [0.25, 0.3) is 5.91 Å². The smallest absolute Gasteiger partial charge is 0.251 e. The molecule has 6 heteroatoms. The highest BCUT2D eigenvalue weighted by Gasteiger charge is 2.21.